The molecule has 1 aliphatic heterocycles. The Bertz CT molecular complexity index is 882. The monoisotopic (exact) mass is 341 g/mol. The maximum Gasteiger partial charge on any atom is 0.252 e. The second-order valence-electron chi connectivity index (χ2n) is 6.64. The van der Waals surface area contributed by atoms with Crippen LogP contribution >= 0.6 is 0 Å². The average molecular weight is 341 g/mol. The summed E-state index contributed by atoms with van der Waals surface area (Å²) in [7, 11) is 1.48. The molecule has 0 radical (unpaired) electrons. The number of carbonyl (C=O) groups excluding carboxylic acids is 2. The number of benzene rings is 1. The van der Waals surface area contributed by atoms with Gasteiger partial charge in [0.2, 0.25) is 11.8 Å². The van der Waals surface area contributed by atoms with Crippen molar-refractivity contribution in [2.75, 3.05) is 13.7 Å². The van der Waals surface area contributed by atoms with Crippen LogP contribution in [0.25, 0.3) is 10.8 Å². The summed E-state index contributed by atoms with van der Waals surface area (Å²) in [6.07, 6.45) is 1.62. The number of ether oxygens (including phenoxy) is 2. The number of primary amides is 1. The molecule has 0 bridgehead atoms. The molecule has 2 aliphatic rings. The number of piperidine rings is 1. The van der Waals surface area contributed by atoms with Crippen LogP contribution in [0.2, 0.25) is 0 Å². The number of nitrogens with one attached hydrogen (secondary N) is 1. The van der Waals surface area contributed by atoms with Crippen LogP contribution in [0.1, 0.15) is 17.3 Å². The maximum atomic E-state index is 11.8. The van der Waals surface area contributed by atoms with Crippen LogP contribution in [0.15, 0.2) is 24.4 Å². The first-order valence-electron chi connectivity index (χ1n) is 8.21. The third-order valence-electron chi connectivity index (χ3n) is 5.26. The molecule has 130 valence electrons. The number of hydrogen-bond donors (Lipinski definition) is 2. The zero-order valence-electron chi connectivity index (χ0n) is 14.0. The number of rotatable bonds is 5. The number of hydrogen-bond acceptors (Lipinski definition) is 5. The first-order chi connectivity index (χ1) is 12.0. The van der Waals surface area contributed by atoms with Crippen molar-refractivity contribution >= 4 is 22.6 Å². The zero-order valence-corrected chi connectivity index (χ0v) is 14.0. The van der Waals surface area contributed by atoms with E-state index in [-0.39, 0.29) is 17.9 Å². The molecule has 4 rings (SSSR count). The molecule has 4 atom stereocenters. The van der Waals surface area contributed by atoms with Gasteiger partial charge in [0.05, 0.1) is 18.7 Å². The molecule has 2 fully saturated rings. The van der Waals surface area contributed by atoms with Crippen LogP contribution in [0, 0.1) is 17.8 Å². The predicted molar refractivity (Wildman–Crippen MR) is 90.4 cm³/mol. The first-order valence-corrected chi connectivity index (χ1v) is 8.21. The van der Waals surface area contributed by atoms with Crippen LogP contribution < -0.4 is 20.5 Å². The van der Waals surface area contributed by atoms with E-state index in [2.05, 4.69) is 17.2 Å². The lowest BCUT2D eigenvalue weighted by atomic mass is 10.1. The summed E-state index contributed by atoms with van der Waals surface area (Å²) in [4.78, 5) is 27.7. The highest BCUT2D eigenvalue weighted by atomic mass is 16.5. The summed E-state index contributed by atoms with van der Waals surface area (Å²) in [5, 5.41) is 4.49. The van der Waals surface area contributed by atoms with E-state index in [0.717, 1.165) is 10.8 Å². The van der Waals surface area contributed by atoms with E-state index in [1.54, 1.807) is 24.4 Å². The molecule has 7 nitrogen and oxygen atoms in total. The minimum Gasteiger partial charge on any atom is -0.496 e. The van der Waals surface area contributed by atoms with Gasteiger partial charge >= 0.3 is 0 Å². The highest BCUT2D eigenvalue weighted by Gasteiger charge is 2.61. The Morgan fingerprint density at radius 1 is 1.40 bits per heavy atom. The van der Waals surface area contributed by atoms with Crippen LogP contribution in [0.4, 0.5) is 0 Å². The van der Waals surface area contributed by atoms with Gasteiger partial charge in [0.1, 0.15) is 12.4 Å². The molecule has 1 aliphatic carbocycles. The van der Waals surface area contributed by atoms with E-state index in [9.17, 15) is 9.59 Å². The Hall–Kier alpha value is -2.83. The molecule has 2 unspecified atom stereocenters. The van der Waals surface area contributed by atoms with Gasteiger partial charge in [0.15, 0.2) is 0 Å². The van der Waals surface area contributed by atoms with Crippen molar-refractivity contribution in [3.05, 3.63) is 30.0 Å². The fourth-order valence-corrected chi connectivity index (χ4v) is 3.87. The Balaban J connectivity index is 1.61. The fraction of sp³-hybridized carbons (Fsp3) is 0.389. The number of nitrogens with two attached hydrogens (primary N) is 1. The maximum absolute atomic E-state index is 11.8. The molecule has 3 N–H and O–H groups in total. The lowest BCUT2D eigenvalue weighted by Gasteiger charge is -2.16. The minimum atomic E-state index is -0.555. The summed E-state index contributed by atoms with van der Waals surface area (Å²) in [6.45, 7) is 2.46. The number of carbonyl (C=O) groups is 2. The van der Waals surface area contributed by atoms with Crippen molar-refractivity contribution in [3.63, 3.8) is 0 Å². The quantitative estimate of drug-likeness (QED) is 0.848. The lowest BCUT2D eigenvalue weighted by molar-refractivity contribution is -0.121. The van der Waals surface area contributed by atoms with Crippen molar-refractivity contribution in [1.29, 1.82) is 0 Å². The molecular weight excluding hydrogens is 322 g/mol. The van der Waals surface area contributed by atoms with Crippen molar-refractivity contribution in [1.82, 2.24) is 10.3 Å². The van der Waals surface area contributed by atoms with Crippen LogP contribution in [-0.4, -0.2) is 36.6 Å². The van der Waals surface area contributed by atoms with Crippen LogP contribution in [0.5, 0.6) is 11.6 Å². The largest absolute Gasteiger partial charge is 0.496 e. The standard InChI is InChI=1S/C18H19N3O4/c1-8-14-12(21-17(23)15(8)14)7-25-18-10-6-13(24-2)11(16(19)22)5-9(10)3-4-20-18/h3-6,8,12,14-15H,7H2,1-2H3,(H2,19,22)(H,21,23)/t8?,12-,14-,15?/m1/s1. The average Bonchev–Trinajstić information content (AvgIpc) is 3.15. The number of amides is 2. The highest BCUT2D eigenvalue weighted by Crippen LogP contribution is 2.52. The number of methoxy groups -OCH3 is 1. The normalized spacial score (nSPS) is 26.9. The fourth-order valence-electron chi connectivity index (χ4n) is 3.87. The van der Waals surface area contributed by atoms with E-state index in [1.807, 2.05) is 0 Å². The second kappa shape index (κ2) is 5.61. The Morgan fingerprint density at radius 3 is 2.84 bits per heavy atom. The predicted octanol–water partition coefficient (Wildman–Crippen LogP) is 1.10. The third kappa shape index (κ3) is 2.47. The van der Waals surface area contributed by atoms with Gasteiger partial charge in [-0.1, -0.05) is 6.92 Å². The molecule has 1 aromatic carbocycles. The molecule has 1 saturated carbocycles. The molecular formula is C18H19N3O4. The van der Waals surface area contributed by atoms with Crippen molar-refractivity contribution in [3.8, 4) is 11.6 Å². The van der Waals surface area contributed by atoms with Crippen molar-refractivity contribution in [2.24, 2.45) is 23.5 Å². The van der Waals surface area contributed by atoms with Crippen molar-refractivity contribution < 1.29 is 19.1 Å². The van der Waals surface area contributed by atoms with E-state index >= 15 is 0 Å². The Kier molecular flexibility index (Phi) is 3.52. The minimum absolute atomic E-state index is 0.0105. The van der Waals surface area contributed by atoms with Gasteiger partial charge in [-0.2, -0.15) is 0 Å². The topological polar surface area (TPSA) is 104 Å². The summed E-state index contributed by atoms with van der Waals surface area (Å²) in [5.41, 5.74) is 5.71. The van der Waals surface area contributed by atoms with E-state index in [4.69, 9.17) is 15.2 Å². The molecule has 2 aromatic rings. The van der Waals surface area contributed by atoms with Crippen molar-refractivity contribution in [2.45, 2.75) is 13.0 Å². The van der Waals surface area contributed by atoms with Crippen LogP contribution in [0.3, 0.4) is 0 Å². The SMILES string of the molecule is COc1cc2c(OC[C@H]3NC(=O)C4C(C)[C@@H]43)nccc2cc1C(N)=O. The molecule has 0 spiro atoms. The lowest BCUT2D eigenvalue weighted by Crippen LogP contribution is -2.36. The van der Waals surface area contributed by atoms with E-state index in [0.29, 0.717) is 35.6 Å². The molecule has 1 saturated heterocycles. The summed E-state index contributed by atoms with van der Waals surface area (Å²) < 4.78 is 11.2. The van der Waals surface area contributed by atoms with Gasteiger partial charge in [-0.3, -0.25) is 9.59 Å². The highest BCUT2D eigenvalue weighted by molar-refractivity contribution is 6.01. The smallest absolute Gasteiger partial charge is 0.252 e. The number of pyridine rings is 1. The summed E-state index contributed by atoms with van der Waals surface area (Å²) in [6, 6.07) is 5.16. The third-order valence-corrected chi connectivity index (χ3v) is 5.26. The van der Waals surface area contributed by atoms with E-state index in [1.165, 1.54) is 7.11 Å². The molecule has 1 aromatic heterocycles. The molecule has 7 heteroatoms. The van der Waals surface area contributed by atoms with Gasteiger partial charge in [0, 0.05) is 17.5 Å². The first kappa shape index (κ1) is 15.7. The van der Waals surface area contributed by atoms with Gasteiger partial charge in [-0.15, -0.1) is 0 Å². The van der Waals surface area contributed by atoms with Gasteiger partial charge in [0.25, 0.3) is 5.91 Å². The number of nitrogens with zero attached hydrogens (tertiary/aromatic N) is 1. The second-order valence-corrected chi connectivity index (χ2v) is 6.64. The molecule has 2 amide bonds. The van der Waals surface area contributed by atoms with E-state index < -0.39 is 5.91 Å². The zero-order chi connectivity index (χ0) is 17.7. The summed E-state index contributed by atoms with van der Waals surface area (Å²) >= 11 is 0. The van der Waals surface area contributed by atoms with Gasteiger partial charge in [-0.25, -0.2) is 4.98 Å². The molecule has 25 heavy (non-hydrogen) atoms. The summed E-state index contributed by atoms with van der Waals surface area (Å²) in [5.74, 6) is 1.28. The number of aromatic nitrogens is 1. The van der Waals surface area contributed by atoms with Gasteiger partial charge < -0.3 is 20.5 Å². The van der Waals surface area contributed by atoms with Crippen LogP contribution in [-0.2, 0) is 4.79 Å². The van der Waals surface area contributed by atoms with Gasteiger partial charge in [-0.05, 0) is 35.4 Å². The molecule has 2 heterocycles. The Morgan fingerprint density at radius 2 is 2.20 bits per heavy atom. The number of fused-ring (bicyclic) bond motifs is 2. The Labute approximate surface area is 144 Å².